The molecule has 0 bridgehead atoms. The van der Waals surface area contributed by atoms with Crippen molar-refractivity contribution in [2.45, 2.75) is 23.8 Å². The van der Waals surface area contributed by atoms with Crippen LogP contribution in [0.4, 0.5) is 0 Å². The van der Waals surface area contributed by atoms with Gasteiger partial charge in [0.25, 0.3) is 0 Å². The van der Waals surface area contributed by atoms with Crippen molar-refractivity contribution in [1.82, 2.24) is 4.98 Å². The van der Waals surface area contributed by atoms with E-state index in [2.05, 4.69) is 4.98 Å². The molecule has 1 atom stereocenters. The predicted octanol–water partition coefficient (Wildman–Crippen LogP) is 4.08. The molecular formula is C14H14ClNOS. The molecule has 0 saturated heterocycles. The molecule has 0 spiro atoms. The highest BCUT2D eigenvalue weighted by Gasteiger charge is 2.09. The molecule has 94 valence electrons. The summed E-state index contributed by atoms with van der Waals surface area (Å²) in [6, 6.07) is 11.5. The third kappa shape index (κ3) is 3.48. The van der Waals surface area contributed by atoms with E-state index in [9.17, 15) is 5.11 Å². The number of halogens is 1. The highest BCUT2D eigenvalue weighted by atomic mass is 35.5. The van der Waals surface area contributed by atoms with Gasteiger partial charge in [-0.25, -0.2) is 4.98 Å². The SMILES string of the molecule is C[C@H](O)c1cccnc1SCc1ccc(Cl)cc1. The summed E-state index contributed by atoms with van der Waals surface area (Å²) in [6.07, 6.45) is 1.25. The van der Waals surface area contributed by atoms with E-state index in [1.807, 2.05) is 36.4 Å². The number of aromatic nitrogens is 1. The lowest BCUT2D eigenvalue weighted by atomic mass is 10.2. The normalized spacial score (nSPS) is 12.4. The fourth-order valence-corrected chi connectivity index (χ4v) is 2.74. The number of pyridine rings is 1. The fraction of sp³-hybridized carbons (Fsp3) is 0.214. The van der Waals surface area contributed by atoms with Crippen molar-refractivity contribution in [2.75, 3.05) is 0 Å². The minimum atomic E-state index is -0.494. The number of aliphatic hydroxyl groups excluding tert-OH is 1. The smallest absolute Gasteiger partial charge is 0.102 e. The van der Waals surface area contributed by atoms with Gasteiger partial charge in [-0.3, -0.25) is 0 Å². The first-order chi connectivity index (χ1) is 8.66. The summed E-state index contributed by atoms with van der Waals surface area (Å²) in [5.41, 5.74) is 2.06. The second kappa shape index (κ2) is 6.23. The molecule has 18 heavy (non-hydrogen) atoms. The fourth-order valence-electron chi connectivity index (χ4n) is 1.57. The molecule has 0 aliphatic carbocycles. The maximum absolute atomic E-state index is 9.67. The first kappa shape index (κ1) is 13.4. The Morgan fingerprint density at radius 3 is 2.67 bits per heavy atom. The van der Waals surface area contributed by atoms with Crippen LogP contribution < -0.4 is 0 Å². The standard InChI is InChI=1S/C14H14ClNOS/c1-10(17)13-3-2-8-16-14(13)18-9-11-4-6-12(15)7-5-11/h2-8,10,17H,9H2,1H3/t10-/m0/s1. The van der Waals surface area contributed by atoms with Gasteiger partial charge in [0, 0.05) is 22.5 Å². The van der Waals surface area contributed by atoms with E-state index < -0.39 is 6.10 Å². The van der Waals surface area contributed by atoms with Crippen molar-refractivity contribution in [3.63, 3.8) is 0 Å². The molecule has 2 aromatic rings. The summed E-state index contributed by atoms with van der Waals surface area (Å²) >= 11 is 7.46. The van der Waals surface area contributed by atoms with Gasteiger partial charge in [0.2, 0.25) is 0 Å². The largest absolute Gasteiger partial charge is 0.389 e. The van der Waals surface area contributed by atoms with Crippen molar-refractivity contribution in [3.05, 3.63) is 58.7 Å². The van der Waals surface area contributed by atoms with E-state index in [1.54, 1.807) is 24.9 Å². The van der Waals surface area contributed by atoms with E-state index >= 15 is 0 Å². The number of hydrogen-bond donors (Lipinski definition) is 1. The van der Waals surface area contributed by atoms with Gasteiger partial charge in [0.1, 0.15) is 5.03 Å². The second-order valence-electron chi connectivity index (χ2n) is 3.99. The van der Waals surface area contributed by atoms with E-state index in [1.165, 1.54) is 5.56 Å². The van der Waals surface area contributed by atoms with Gasteiger partial charge in [-0.2, -0.15) is 0 Å². The van der Waals surface area contributed by atoms with E-state index in [0.717, 1.165) is 21.4 Å². The summed E-state index contributed by atoms with van der Waals surface area (Å²) < 4.78 is 0. The summed E-state index contributed by atoms with van der Waals surface area (Å²) in [5.74, 6) is 0.813. The van der Waals surface area contributed by atoms with Crippen molar-refractivity contribution >= 4 is 23.4 Å². The lowest BCUT2D eigenvalue weighted by molar-refractivity contribution is 0.195. The van der Waals surface area contributed by atoms with Gasteiger partial charge in [-0.1, -0.05) is 29.8 Å². The zero-order valence-corrected chi connectivity index (χ0v) is 11.6. The number of nitrogens with zero attached hydrogens (tertiary/aromatic N) is 1. The third-order valence-corrected chi connectivity index (χ3v) is 3.88. The number of hydrogen-bond acceptors (Lipinski definition) is 3. The van der Waals surface area contributed by atoms with Gasteiger partial charge >= 0.3 is 0 Å². The van der Waals surface area contributed by atoms with Crippen LogP contribution in [0.2, 0.25) is 5.02 Å². The average Bonchev–Trinajstić information content (AvgIpc) is 2.38. The zero-order chi connectivity index (χ0) is 13.0. The zero-order valence-electron chi connectivity index (χ0n) is 10.0. The van der Waals surface area contributed by atoms with Gasteiger partial charge in [0.15, 0.2) is 0 Å². The van der Waals surface area contributed by atoms with Crippen LogP contribution in [-0.2, 0) is 5.75 Å². The number of benzene rings is 1. The minimum Gasteiger partial charge on any atom is -0.389 e. The van der Waals surface area contributed by atoms with Gasteiger partial charge in [0.05, 0.1) is 6.10 Å². The molecule has 1 aromatic heterocycles. The van der Waals surface area contributed by atoms with Gasteiger partial charge < -0.3 is 5.11 Å². The molecule has 1 heterocycles. The van der Waals surface area contributed by atoms with E-state index in [-0.39, 0.29) is 0 Å². The topological polar surface area (TPSA) is 33.1 Å². The quantitative estimate of drug-likeness (QED) is 0.856. The summed E-state index contributed by atoms with van der Waals surface area (Å²) in [6.45, 7) is 1.75. The maximum atomic E-state index is 9.67. The van der Waals surface area contributed by atoms with Crippen molar-refractivity contribution in [1.29, 1.82) is 0 Å². The summed E-state index contributed by atoms with van der Waals surface area (Å²) in [7, 11) is 0. The van der Waals surface area contributed by atoms with Crippen molar-refractivity contribution in [3.8, 4) is 0 Å². The predicted molar refractivity (Wildman–Crippen MR) is 75.9 cm³/mol. The first-order valence-electron chi connectivity index (χ1n) is 5.67. The first-order valence-corrected chi connectivity index (χ1v) is 7.03. The Kier molecular flexibility index (Phi) is 4.64. The van der Waals surface area contributed by atoms with Crippen LogP contribution in [0, 0.1) is 0 Å². The Balaban J connectivity index is 2.08. The van der Waals surface area contributed by atoms with Crippen LogP contribution in [0.3, 0.4) is 0 Å². The molecule has 0 saturated carbocycles. The molecule has 1 N–H and O–H groups in total. The van der Waals surface area contributed by atoms with Crippen LogP contribution in [-0.4, -0.2) is 10.1 Å². The highest BCUT2D eigenvalue weighted by Crippen LogP contribution is 2.28. The summed E-state index contributed by atoms with van der Waals surface area (Å²) in [5, 5.41) is 11.3. The Morgan fingerprint density at radius 2 is 2.00 bits per heavy atom. The molecule has 4 heteroatoms. The third-order valence-electron chi connectivity index (χ3n) is 2.54. The van der Waals surface area contributed by atoms with Crippen molar-refractivity contribution < 1.29 is 5.11 Å². The Labute approximate surface area is 116 Å². The monoisotopic (exact) mass is 279 g/mol. The van der Waals surface area contributed by atoms with E-state index in [4.69, 9.17) is 11.6 Å². The second-order valence-corrected chi connectivity index (χ2v) is 5.39. The molecule has 0 radical (unpaired) electrons. The molecule has 2 nitrogen and oxygen atoms in total. The van der Waals surface area contributed by atoms with Gasteiger partial charge in [-0.05, 0) is 30.7 Å². The Morgan fingerprint density at radius 1 is 1.28 bits per heavy atom. The number of rotatable bonds is 4. The molecule has 2 rings (SSSR count). The summed E-state index contributed by atoms with van der Waals surface area (Å²) in [4.78, 5) is 4.31. The van der Waals surface area contributed by atoms with Crippen LogP contribution in [0.1, 0.15) is 24.2 Å². The molecular weight excluding hydrogens is 266 g/mol. The Bertz CT molecular complexity index is 513. The minimum absolute atomic E-state index is 0.494. The van der Waals surface area contributed by atoms with Crippen molar-refractivity contribution in [2.24, 2.45) is 0 Å². The molecule has 0 fully saturated rings. The number of thioether (sulfide) groups is 1. The maximum Gasteiger partial charge on any atom is 0.102 e. The molecule has 0 aliphatic heterocycles. The lowest BCUT2D eigenvalue weighted by Gasteiger charge is -2.10. The van der Waals surface area contributed by atoms with Crippen LogP contribution in [0.15, 0.2) is 47.6 Å². The molecule has 0 unspecified atom stereocenters. The highest BCUT2D eigenvalue weighted by molar-refractivity contribution is 7.98. The number of aliphatic hydroxyl groups is 1. The molecule has 0 amide bonds. The van der Waals surface area contributed by atoms with Crippen LogP contribution in [0.25, 0.3) is 0 Å². The van der Waals surface area contributed by atoms with E-state index in [0.29, 0.717) is 0 Å². The molecule has 1 aromatic carbocycles. The van der Waals surface area contributed by atoms with Gasteiger partial charge in [-0.15, -0.1) is 11.8 Å². The van der Waals surface area contributed by atoms with Crippen LogP contribution in [0.5, 0.6) is 0 Å². The Hall–Kier alpha value is -1.03. The molecule has 0 aliphatic rings. The van der Waals surface area contributed by atoms with Crippen LogP contribution >= 0.6 is 23.4 Å². The lowest BCUT2D eigenvalue weighted by Crippen LogP contribution is -1.96. The average molecular weight is 280 g/mol.